The standard InChI is InChI=1S/C21H31NO10/c1-2-10-3-5-11(6-4-10)7-22-20-17(28)16(27)19(13(9-24)30-20)32-21-18(29)15(26)14(25)12(8-23)31-21/h2-6,12-29H,1,7-9H2/t12-,13-,14+,15+,16-,17-,18-,19-,20-,21+/m1/s1. The second-order valence-electron chi connectivity index (χ2n) is 7.88. The Morgan fingerprint density at radius 2 is 1.50 bits per heavy atom. The van der Waals surface area contributed by atoms with Gasteiger partial charge in [-0.25, -0.2) is 0 Å². The summed E-state index contributed by atoms with van der Waals surface area (Å²) in [5.41, 5.74) is 1.84. The number of nitrogens with one attached hydrogen (secondary N) is 1. The number of hydrogen-bond acceptors (Lipinski definition) is 11. The summed E-state index contributed by atoms with van der Waals surface area (Å²) in [4.78, 5) is 0. The maximum atomic E-state index is 10.6. The number of benzene rings is 1. The second kappa shape index (κ2) is 11.1. The van der Waals surface area contributed by atoms with E-state index in [9.17, 15) is 35.7 Å². The van der Waals surface area contributed by atoms with Crippen LogP contribution < -0.4 is 5.32 Å². The van der Waals surface area contributed by atoms with Gasteiger partial charge in [0.1, 0.15) is 55.1 Å². The Hall–Kier alpha value is -1.48. The van der Waals surface area contributed by atoms with Crippen LogP contribution in [0.3, 0.4) is 0 Å². The van der Waals surface area contributed by atoms with Crippen LogP contribution in [-0.4, -0.2) is 110 Å². The van der Waals surface area contributed by atoms with E-state index >= 15 is 0 Å². The highest BCUT2D eigenvalue weighted by molar-refractivity contribution is 5.47. The third kappa shape index (κ3) is 5.35. The lowest BCUT2D eigenvalue weighted by Gasteiger charge is -2.46. The molecule has 11 nitrogen and oxygen atoms in total. The monoisotopic (exact) mass is 457 g/mol. The summed E-state index contributed by atoms with van der Waals surface area (Å²) in [7, 11) is 0. The Morgan fingerprint density at radius 1 is 0.844 bits per heavy atom. The van der Waals surface area contributed by atoms with Crippen molar-refractivity contribution < 1.29 is 50.0 Å². The van der Waals surface area contributed by atoms with Gasteiger partial charge in [-0.05, 0) is 11.1 Å². The number of hydrogen-bond donors (Lipinski definition) is 8. The molecule has 0 amide bonds. The van der Waals surface area contributed by atoms with E-state index in [0.29, 0.717) is 6.54 Å². The van der Waals surface area contributed by atoms with Gasteiger partial charge in [0.15, 0.2) is 6.29 Å². The largest absolute Gasteiger partial charge is 0.394 e. The average Bonchev–Trinajstić information content (AvgIpc) is 2.81. The van der Waals surface area contributed by atoms with Gasteiger partial charge in [0.05, 0.1) is 13.2 Å². The van der Waals surface area contributed by atoms with Crippen LogP contribution in [0.2, 0.25) is 0 Å². The molecule has 0 bridgehead atoms. The molecule has 2 heterocycles. The minimum atomic E-state index is -1.70. The minimum Gasteiger partial charge on any atom is -0.394 e. The van der Waals surface area contributed by atoms with Crippen LogP contribution in [0.5, 0.6) is 0 Å². The zero-order valence-electron chi connectivity index (χ0n) is 17.3. The first kappa shape index (κ1) is 25.1. The first-order chi connectivity index (χ1) is 15.3. The molecule has 1 aromatic rings. The Labute approximate surface area is 185 Å². The van der Waals surface area contributed by atoms with Crippen LogP contribution in [-0.2, 0) is 20.8 Å². The molecular formula is C21H31NO10. The van der Waals surface area contributed by atoms with Crippen molar-refractivity contribution in [1.29, 1.82) is 0 Å². The number of rotatable bonds is 8. The van der Waals surface area contributed by atoms with Crippen molar-refractivity contribution in [2.24, 2.45) is 0 Å². The molecular weight excluding hydrogens is 426 g/mol. The molecule has 10 atom stereocenters. The van der Waals surface area contributed by atoms with Crippen molar-refractivity contribution in [1.82, 2.24) is 5.32 Å². The van der Waals surface area contributed by atoms with Crippen molar-refractivity contribution in [3.63, 3.8) is 0 Å². The highest BCUT2D eigenvalue weighted by Gasteiger charge is 2.50. The van der Waals surface area contributed by atoms with Gasteiger partial charge in [0.2, 0.25) is 0 Å². The van der Waals surface area contributed by atoms with Crippen LogP contribution in [0, 0.1) is 0 Å². The molecule has 2 fully saturated rings. The summed E-state index contributed by atoms with van der Waals surface area (Å²) in [6.07, 6.45) is -12.5. The van der Waals surface area contributed by atoms with Crippen LogP contribution in [0.25, 0.3) is 6.08 Å². The molecule has 0 spiro atoms. The summed E-state index contributed by atoms with van der Waals surface area (Å²) in [5.74, 6) is 0. The van der Waals surface area contributed by atoms with E-state index in [2.05, 4.69) is 11.9 Å². The molecule has 0 aliphatic carbocycles. The fourth-order valence-electron chi connectivity index (χ4n) is 3.75. The number of aliphatic hydroxyl groups is 7. The Bertz CT molecular complexity index is 730. The lowest BCUT2D eigenvalue weighted by atomic mass is 9.96. The van der Waals surface area contributed by atoms with Crippen LogP contribution in [0.15, 0.2) is 30.8 Å². The van der Waals surface area contributed by atoms with Gasteiger partial charge in [0.25, 0.3) is 0 Å². The molecule has 8 N–H and O–H groups in total. The van der Waals surface area contributed by atoms with Gasteiger partial charge < -0.3 is 50.0 Å². The van der Waals surface area contributed by atoms with Crippen molar-refractivity contribution >= 4 is 6.08 Å². The molecule has 0 radical (unpaired) electrons. The molecule has 11 heteroatoms. The molecule has 1 aromatic carbocycles. The van der Waals surface area contributed by atoms with E-state index in [1.54, 1.807) is 6.08 Å². The SMILES string of the molecule is C=Cc1ccc(CN[C@@H]2O[C@H](CO)[C@@H](O[C@@H]3O[C@H](CO)[C@H](O)[C@H](O)[C@H]3O)[C@H](O)[C@H]2O)cc1. The topological polar surface area (TPSA) is 181 Å². The molecule has 0 aromatic heterocycles. The average molecular weight is 457 g/mol. The Balaban J connectivity index is 1.64. The summed E-state index contributed by atoms with van der Waals surface area (Å²) in [5, 5.41) is 73.1. The van der Waals surface area contributed by atoms with Crippen LogP contribution in [0.4, 0.5) is 0 Å². The van der Waals surface area contributed by atoms with Crippen LogP contribution >= 0.6 is 0 Å². The Kier molecular flexibility index (Phi) is 8.72. The summed E-state index contributed by atoms with van der Waals surface area (Å²) < 4.78 is 16.5. The number of aliphatic hydroxyl groups excluding tert-OH is 7. The van der Waals surface area contributed by atoms with Gasteiger partial charge in [-0.3, -0.25) is 5.32 Å². The smallest absolute Gasteiger partial charge is 0.187 e. The normalized spacial score (nSPS) is 40.2. The summed E-state index contributed by atoms with van der Waals surface area (Å²) >= 11 is 0. The van der Waals surface area contributed by atoms with Crippen LogP contribution in [0.1, 0.15) is 11.1 Å². The predicted molar refractivity (Wildman–Crippen MR) is 110 cm³/mol. The maximum absolute atomic E-state index is 10.6. The third-order valence-corrected chi connectivity index (χ3v) is 5.73. The molecule has 2 aliphatic rings. The van der Waals surface area contributed by atoms with Crippen molar-refractivity contribution in [3.05, 3.63) is 42.0 Å². The van der Waals surface area contributed by atoms with Gasteiger partial charge in [-0.1, -0.05) is 36.9 Å². The first-order valence-electron chi connectivity index (χ1n) is 10.3. The zero-order chi connectivity index (χ0) is 23.4. The van der Waals surface area contributed by atoms with E-state index in [-0.39, 0.29) is 0 Å². The predicted octanol–water partition coefficient (Wildman–Crippen LogP) is -2.96. The zero-order valence-corrected chi connectivity index (χ0v) is 17.3. The molecule has 2 aliphatic heterocycles. The molecule has 0 saturated carbocycles. The van der Waals surface area contributed by atoms with Crippen molar-refractivity contribution in [2.75, 3.05) is 13.2 Å². The first-order valence-corrected chi connectivity index (χ1v) is 10.3. The fourth-order valence-corrected chi connectivity index (χ4v) is 3.75. The number of ether oxygens (including phenoxy) is 3. The second-order valence-corrected chi connectivity index (χ2v) is 7.88. The van der Waals surface area contributed by atoms with Gasteiger partial charge in [-0.15, -0.1) is 0 Å². The van der Waals surface area contributed by atoms with E-state index in [1.807, 2.05) is 24.3 Å². The molecule has 3 rings (SSSR count). The summed E-state index contributed by atoms with van der Waals surface area (Å²) in [6.45, 7) is 2.76. The maximum Gasteiger partial charge on any atom is 0.187 e. The minimum absolute atomic E-state index is 0.308. The molecule has 2 saturated heterocycles. The van der Waals surface area contributed by atoms with Crippen molar-refractivity contribution in [2.45, 2.75) is 67.9 Å². The molecule has 180 valence electrons. The van der Waals surface area contributed by atoms with E-state index < -0.39 is 74.6 Å². The molecule has 32 heavy (non-hydrogen) atoms. The van der Waals surface area contributed by atoms with Gasteiger partial charge >= 0.3 is 0 Å². The lowest BCUT2D eigenvalue weighted by molar-refractivity contribution is -0.343. The highest BCUT2D eigenvalue weighted by atomic mass is 16.7. The van der Waals surface area contributed by atoms with E-state index in [1.165, 1.54) is 0 Å². The molecule has 0 unspecified atom stereocenters. The van der Waals surface area contributed by atoms with Gasteiger partial charge in [0, 0.05) is 6.54 Å². The summed E-state index contributed by atoms with van der Waals surface area (Å²) in [6, 6.07) is 7.48. The third-order valence-electron chi connectivity index (χ3n) is 5.73. The quantitative estimate of drug-likeness (QED) is 0.200. The van der Waals surface area contributed by atoms with E-state index in [4.69, 9.17) is 14.2 Å². The fraction of sp³-hybridized carbons (Fsp3) is 0.619. The lowest BCUT2D eigenvalue weighted by Crippen LogP contribution is -2.66. The van der Waals surface area contributed by atoms with Gasteiger partial charge in [-0.2, -0.15) is 0 Å². The highest BCUT2D eigenvalue weighted by Crippen LogP contribution is 2.28. The Morgan fingerprint density at radius 3 is 2.09 bits per heavy atom. The van der Waals surface area contributed by atoms with E-state index in [0.717, 1.165) is 11.1 Å². The van der Waals surface area contributed by atoms with Crippen molar-refractivity contribution in [3.8, 4) is 0 Å².